The minimum absolute atomic E-state index is 0.0454. The van der Waals surface area contributed by atoms with Gasteiger partial charge in [-0.2, -0.15) is 0 Å². The molecule has 0 radical (unpaired) electrons. The van der Waals surface area contributed by atoms with Crippen molar-refractivity contribution in [2.24, 2.45) is 5.73 Å². The third-order valence-electron chi connectivity index (χ3n) is 4.92. The average molecular weight is 408 g/mol. The lowest BCUT2D eigenvalue weighted by Gasteiger charge is -2.27. The van der Waals surface area contributed by atoms with Gasteiger partial charge in [-0.25, -0.2) is 0 Å². The molecule has 0 aromatic heterocycles. The van der Waals surface area contributed by atoms with Crippen LogP contribution in [-0.4, -0.2) is 65.5 Å². The highest BCUT2D eigenvalue weighted by atomic mass is 28.1. The third-order valence-corrected chi connectivity index (χ3v) is 7.62. The van der Waals surface area contributed by atoms with E-state index in [1.54, 1.807) is 0 Å². The molecule has 0 bridgehead atoms. The van der Waals surface area contributed by atoms with Crippen molar-refractivity contribution in [3.63, 3.8) is 0 Å². The number of hydrogen-bond donors (Lipinski definition) is 1. The summed E-state index contributed by atoms with van der Waals surface area (Å²) in [6.07, 6.45) is 6.53. The van der Waals surface area contributed by atoms with Crippen molar-refractivity contribution in [2.75, 3.05) is 26.4 Å². The molecule has 26 heavy (non-hydrogen) atoms. The van der Waals surface area contributed by atoms with Crippen molar-refractivity contribution in [3.05, 3.63) is 0 Å². The Balaban J connectivity index is 4.07. The minimum atomic E-state index is -0.0454. The van der Waals surface area contributed by atoms with Gasteiger partial charge in [0.25, 0.3) is 0 Å². The quantitative estimate of drug-likeness (QED) is 0.277. The lowest BCUT2D eigenvalue weighted by atomic mass is 10.0. The van der Waals surface area contributed by atoms with Gasteiger partial charge in [0.2, 0.25) is 0 Å². The van der Waals surface area contributed by atoms with Gasteiger partial charge in [0, 0.05) is 53.0 Å². The van der Waals surface area contributed by atoms with E-state index in [-0.39, 0.29) is 12.6 Å². The van der Waals surface area contributed by atoms with Crippen LogP contribution in [0.5, 0.6) is 0 Å². The predicted octanol–water partition coefficient (Wildman–Crippen LogP) is 1.76. The van der Waals surface area contributed by atoms with E-state index in [0.717, 1.165) is 46.2 Å². The minimum Gasteiger partial charge on any atom is -0.353 e. The Morgan fingerprint density at radius 1 is 0.615 bits per heavy atom. The highest BCUT2D eigenvalue weighted by Gasteiger charge is 2.20. The highest BCUT2D eigenvalue weighted by Crippen LogP contribution is 2.26. The van der Waals surface area contributed by atoms with E-state index in [0.29, 0.717) is 43.6 Å². The van der Waals surface area contributed by atoms with Crippen molar-refractivity contribution in [3.8, 4) is 0 Å². The van der Waals surface area contributed by atoms with Gasteiger partial charge in [-0.3, -0.25) is 0 Å². The molecule has 5 nitrogen and oxygen atoms in total. The summed E-state index contributed by atoms with van der Waals surface area (Å²) in [4.78, 5) is 0. The van der Waals surface area contributed by atoms with E-state index >= 15 is 0 Å². The van der Waals surface area contributed by atoms with Crippen LogP contribution in [0.1, 0.15) is 66.2 Å². The van der Waals surface area contributed by atoms with Crippen LogP contribution in [0, 0.1) is 0 Å². The van der Waals surface area contributed by atoms with Crippen molar-refractivity contribution in [1.82, 2.24) is 0 Å². The highest BCUT2D eigenvalue weighted by molar-refractivity contribution is 6.15. The molecule has 0 amide bonds. The first-order valence-electron chi connectivity index (χ1n) is 10.7. The molecular formula is C19H45NO4Si2. The van der Waals surface area contributed by atoms with Crippen LogP contribution in [0.15, 0.2) is 0 Å². The maximum absolute atomic E-state index is 6.57. The molecule has 0 rings (SSSR count). The van der Waals surface area contributed by atoms with E-state index in [1.165, 1.54) is 12.8 Å². The Morgan fingerprint density at radius 2 is 0.923 bits per heavy atom. The molecule has 0 heterocycles. The van der Waals surface area contributed by atoms with E-state index in [1.807, 2.05) is 27.7 Å². The first-order valence-corrected chi connectivity index (χ1v) is 13.0. The third kappa shape index (κ3) is 12.6. The van der Waals surface area contributed by atoms with E-state index in [2.05, 4.69) is 0 Å². The predicted molar refractivity (Wildman–Crippen MR) is 117 cm³/mol. The van der Waals surface area contributed by atoms with Crippen LogP contribution in [0.25, 0.3) is 0 Å². The zero-order valence-electron chi connectivity index (χ0n) is 18.2. The maximum atomic E-state index is 6.57. The monoisotopic (exact) mass is 407 g/mol. The molecule has 0 saturated carbocycles. The largest absolute Gasteiger partial charge is 0.353 e. The molecule has 2 unspecified atom stereocenters. The van der Waals surface area contributed by atoms with Gasteiger partial charge >= 0.3 is 0 Å². The Bertz CT molecular complexity index is 273. The fourth-order valence-corrected chi connectivity index (χ4v) is 6.23. The van der Waals surface area contributed by atoms with E-state index in [4.69, 9.17) is 24.7 Å². The number of ether oxygens (including phenoxy) is 4. The SMILES string of the molecule is CCOC(CCCC([SiH3])C(N)C([SiH3])CCCC(OCC)OCC)OCC. The average Bonchev–Trinajstić information content (AvgIpc) is 2.61. The second-order valence-electron chi connectivity index (χ2n) is 7.07. The van der Waals surface area contributed by atoms with Crippen LogP contribution >= 0.6 is 0 Å². The maximum Gasteiger partial charge on any atom is 0.157 e. The van der Waals surface area contributed by atoms with E-state index in [9.17, 15) is 0 Å². The Kier molecular flexibility index (Phi) is 17.5. The van der Waals surface area contributed by atoms with Crippen LogP contribution < -0.4 is 5.73 Å². The first kappa shape index (κ1) is 26.2. The molecule has 7 heteroatoms. The second-order valence-corrected chi connectivity index (χ2v) is 10.0. The molecule has 0 fully saturated rings. The summed E-state index contributed by atoms with van der Waals surface area (Å²) < 4.78 is 22.5. The molecule has 0 aliphatic rings. The first-order chi connectivity index (χ1) is 12.5. The molecular weight excluding hydrogens is 362 g/mol. The normalized spacial score (nSPS) is 15.8. The summed E-state index contributed by atoms with van der Waals surface area (Å²) in [6, 6.07) is 0.351. The topological polar surface area (TPSA) is 62.9 Å². The summed E-state index contributed by atoms with van der Waals surface area (Å²) >= 11 is 0. The Hall–Kier alpha value is 0.234. The van der Waals surface area contributed by atoms with Crippen LogP contribution in [-0.2, 0) is 18.9 Å². The van der Waals surface area contributed by atoms with E-state index < -0.39 is 0 Å². The van der Waals surface area contributed by atoms with Gasteiger partial charge in [0.15, 0.2) is 12.6 Å². The molecule has 2 atom stereocenters. The number of rotatable bonds is 18. The molecule has 0 aliphatic carbocycles. The van der Waals surface area contributed by atoms with Crippen molar-refractivity contribution >= 4 is 20.5 Å². The summed E-state index contributed by atoms with van der Waals surface area (Å²) in [6.45, 7) is 10.9. The molecule has 0 aromatic carbocycles. The fraction of sp³-hybridized carbons (Fsp3) is 1.00. The summed E-state index contributed by atoms with van der Waals surface area (Å²) in [5.74, 6) is 0. The summed E-state index contributed by atoms with van der Waals surface area (Å²) in [5, 5.41) is 0. The Labute approximate surface area is 167 Å². The van der Waals surface area contributed by atoms with Crippen LogP contribution in [0.2, 0.25) is 11.1 Å². The molecule has 0 spiro atoms. The lowest BCUT2D eigenvalue weighted by Crippen LogP contribution is -2.32. The lowest BCUT2D eigenvalue weighted by molar-refractivity contribution is -0.140. The van der Waals surface area contributed by atoms with Crippen molar-refractivity contribution in [1.29, 1.82) is 0 Å². The number of nitrogens with two attached hydrogens (primary N) is 1. The summed E-state index contributed by atoms with van der Waals surface area (Å²) in [7, 11) is 2.32. The van der Waals surface area contributed by atoms with Gasteiger partial charge in [0.05, 0.1) is 0 Å². The van der Waals surface area contributed by atoms with Gasteiger partial charge in [-0.1, -0.05) is 12.8 Å². The summed E-state index contributed by atoms with van der Waals surface area (Å²) in [5.41, 5.74) is 7.93. The standard InChI is InChI=1S/C19H45NO4Si2/c1-5-21-17(22-6-2)13-9-11-15(25)19(20)16(26)12-10-14-18(23-7-3)24-8-4/h15-19H,5-14,20H2,1-4,25-26H3. The van der Waals surface area contributed by atoms with Crippen LogP contribution in [0.4, 0.5) is 0 Å². The zero-order chi connectivity index (χ0) is 19.8. The van der Waals surface area contributed by atoms with Gasteiger partial charge in [-0.05, 0) is 64.5 Å². The van der Waals surface area contributed by atoms with Crippen molar-refractivity contribution < 1.29 is 18.9 Å². The molecule has 0 aliphatic heterocycles. The van der Waals surface area contributed by atoms with Crippen LogP contribution in [0.3, 0.4) is 0 Å². The molecule has 0 saturated heterocycles. The van der Waals surface area contributed by atoms with Crippen molar-refractivity contribution in [2.45, 2.75) is 95.9 Å². The zero-order valence-corrected chi connectivity index (χ0v) is 22.2. The van der Waals surface area contributed by atoms with Gasteiger partial charge in [-0.15, -0.1) is 0 Å². The number of hydrogen-bond acceptors (Lipinski definition) is 5. The molecule has 0 aromatic rings. The second kappa shape index (κ2) is 17.3. The van der Waals surface area contributed by atoms with Gasteiger partial charge < -0.3 is 24.7 Å². The Morgan fingerprint density at radius 3 is 1.19 bits per heavy atom. The smallest absolute Gasteiger partial charge is 0.157 e. The molecule has 158 valence electrons. The fourth-order valence-electron chi connectivity index (χ4n) is 3.33. The molecule has 2 N–H and O–H groups in total. The van der Waals surface area contributed by atoms with Gasteiger partial charge in [0.1, 0.15) is 0 Å².